The SMILES string of the molecule is CN=C(NCCS(=O)(=O)c1ccccc1F)NC1CCC(C)CC1. The van der Waals surface area contributed by atoms with Crippen LogP contribution in [0.5, 0.6) is 0 Å². The van der Waals surface area contributed by atoms with E-state index in [9.17, 15) is 12.8 Å². The summed E-state index contributed by atoms with van der Waals surface area (Å²) in [5.41, 5.74) is 0. The molecule has 1 saturated carbocycles. The monoisotopic (exact) mass is 355 g/mol. The number of aliphatic imine (C=N–C) groups is 1. The molecule has 0 unspecified atom stereocenters. The van der Waals surface area contributed by atoms with Crippen LogP contribution < -0.4 is 10.6 Å². The Bertz CT molecular complexity index is 668. The van der Waals surface area contributed by atoms with Gasteiger partial charge in [0.05, 0.1) is 5.75 Å². The molecule has 1 fully saturated rings. The minimum Gasteiger partial charge on any atom is -0.355 e. The number of nitrogens with one attached hydrogen (secondary N) is 2. The fraction of sp³-hybridized carbons (Fsp3) is 0.588. The van der Waals surface area contributed by atoms with Crippen LogP contribution in [-0.2, 0) is 9.84 Å². The maximum absolute atomic E-state index is 13.6. The van der Waals surface area contributed by atoms with Crippen molar-refractivity contribution in [2.75, 3.05) is 19.3 Å². The molecule has 0 amide bonds. The van der Waals surface area contributed by atoms with Gasteiger partial charge in [0.25, 0.3) is 0 Å². The van der Waals surface area contributed by atoms with E-state index in [1.807, 2.05) is 0 Å². The van der Waals surface area contributed by atoms with E-state index < -0.39 is 15.7 Å². The van der Waals surface area contributed by atoms with Crippen LogP contribution in [0.4, 0.5) is 4.39 Å². The molecule has 0 aliphatic heterocycles. The maximum Gasteiger partial charge on any atom is 0.191 e. The Morgan fingerprint density at radius 3 is 2.54 bits per heavy atom. The predicted octanol–water partition coefficient (Wildman–Crippen LogP) is 2.34. The van der Waals surface area contributed by atoms with Gasteiger partial charge in [0.2, 0.25) is 0 Å². The van der Waals surface area contributed by atoms with Crippen molar-refractivity contribution >= 4 is 15.8 Å². The van der Waals surface area contributed by atoms with Gasteiger partial charge in [-0.1, -0.05) is 19.1 Å². The zero-order valence-electron chi connectivity index (χ0n) is 14.3. The van der Waals surface area contributed by atoms with Crippen LogP contribution >= 0.6 is 0 Å². The molecule has 1 aliphatic carbocycles. The van der Waals surface area contributed by atoms with Gasteiger partial charge >= 0.3 is 0 Å². The molecule has 1 aromatic rings. The topological polar surface area (TPSA) is 70.6 Å². The lowest BCUT2D eigenvalue weighted by molar-refractivity contribution is 0.329. The number of nitrogens with zero attached hydrogens (tertiary/aromatic N) is 1. The van der Waals surface area contributed by atoms with Gasteiger partial charge in [-0.2, -0.15) is 0 Å². The van der Waals surface area contributed by atoms with Crippen LogP contribution in [0, 0.1) is 11.7 Å². The summed E-state index contributed by atoms with van der Waals surface area (Å²) in [5, 5.41) is 6.34. The summed E-state index contributed by atoms with van der Waals surface area (Å²) in [6.07, 6.45) is 4.57. The van der Waals surface area contributed by atoms with Crippen molar-refractivity contribution < 1.29 is 12.8 Å². The fourth-order valence-corrected chi connectivity index (χ4v) is 4.14. The predicted molar refractivity (Wildman–Crippen MR) is 94.4 cm³/mol. The van der Waals surface area contributed by atoms with Crippen LogP contribution in [0.2, 0.25) is 0 Å². The van der Waals surface area contributed by atoms with Gasteiger partial charge in [0, 0.05) is 19.6 Å². The third-order valence-electron chi connectivity index (χ3n) is 4.42. The third-order valence-corrected chi connectivity index (χ3v) is 6.16. The van der Waals surface area contributed by atoms with Gasteiger partial charge in [-0.25, -0.2) is 12.8 Å². The molecule has 1 aromatic carbocycles. The molecule has 5 nitrogen and oxygen atoms in total. The molecule has 0 aromatic heterocycles. The van der Waals surface area contributed by atoms with E-state index in [4.69, 9.17) is 0 Å². The Balaban J connectivity index is 1.84. The second kappa shape index (κ2) is 8.46. The van der Waals surface area contributed by atoms with Gasteiger partial charge in [-0.05, 0) is 43.7 Å². The van der Waals surface area contributed by atoms with E-state index in [-0.39, 0.29) is 17.2 Å². The van der Waals surface area contributed by atoms with E-state index in [1.165, 1.54) is 31.0 Å². The Kier molecular flexibility index (Phi) is 6.60. The van der Waals surface area contributed by atoms with Crippen LogP contribution in [0.15, 0.2) is 34.2 Å². The zero-order chi connectivity index (χ0) is 17.6. The number of benzene rings is 1. The summed E-state index contributed by atoms with van der Waals surface area (Å²) < 4.78 is 38.1. The van der Waals surface area contributed by atoms with Crippen LogP contribution in [-0.4, -0.2) is 39.8 Å². The van der Waals surface area contributed by atoms with Crippen LogP contribution in [0.25, 0.3) is 0 Å². The molecular formula is C17H26FN3O2S. The molecule has 134 valence electrons. The number of halogens is 1. The standard InChI is InChI=1S/C17H26FN3O2S/c1-13-7-9-14(10-8-13)21-17(19-2)20-11-12-24(22,23)16-6-4-3-5-15(16)18/h3-6,13-14H,7-12H2,1-2H3,(H2,19,20,21). The maximum atomic E-state index is 13.6. The molecular weight excluding hydrogens is 329 g/mol. The minimum absolute atomic E-state index is 0.180. The Hall–Kier alpha value is -1.63. The zero-order valence-corrected chi connectivity index (χ0v) is 15.1. The van der Waals surface area contributed by atoms with Gasteiger partial charge in [0.15, 0.2) is 15.8 Å². The fourth-order valence-electron chi connectivity index (χ4n) is 2.90. The van der Waals surface area contributed by atoms with Crippen LogP contribution in [0.3, 0.4) is 0 Å². The molecule has 0 radical (unpaired) electrons. The van der Waals surface area contributed by atoms with Gasteiger partial charge < -0.3 is 10.6 Å². The number of guanidine groups is 1. The molecule has 2 N–H and O–H groups in total. The van der Waals surface area contributed by atoms with Crippen molar-refractivity contribution in [1.29, 1.82) is 0 Å². The van der Waals surface area contributed by atoms with E-state index >= 15 is 0 Å². The summed E-state index contributed by atoms with van der Waals surface area (Å²) in [4.78, 5) is 3.88. The first kappa shape index (κ1) is 18.7. The third kappa shape index (κ3) is 5.19. The van der Waals surface area contributed by atoms with E-state index in [1.54, 1.807) is 7.05 Å². The molecule has 0 atom stereocenters. The molecule has 0 saturated heterocycles. The summed E-state index contributed by atoms with van der Waals surface area (Å²) >= 11 is 0. The highest BCUT2D eigenvalue weighted by atomic mass is 32.2. The normalized spacial score (nSPS) is 22.2. The second-order valence-corrected chi connectivity index (χ2v) is 8.43. The first-order valence-electron chi connectivity index (χ1n) is 8.37. The molecule has 7 heteroatoms. The van der Waals surface area contributed by atoms with Crippen molar-refractivity contribution in [3.8, 4) is 0 Å². The Labute approximate surface area is 143 Å². The highest BCUT2D eigenvalue weighted by Gasteiger charge is 2.20. The Morgan fingerprint density at radius 1 is 1.25 bits per heavy atom. The highest BCUT2D eigenvalue weighted by Crippen LogP contribution is 2.23. The molecule has 0 heterocycles. The van der Waals surface area contributed by atoms with E-state index in [0.717, 1.165) is 24.8 Å². The summed E-state index contributed by atoms with van der Waals surface area (Å²) in [5.74, 6) is 0.467. The molecule has 0 spiro atoms. The quantitative estimate of drug-likeness (QED) is 0.628. The smallest absolute Gasteiger partial charge is 0.191 e. The van der Waals surface area contributed by atoms with Crippen molar-refractivity contribution in [3.63, 3.8) is 0 Å². The molecule has 2 rings (SSSR count). The van der Waals surface area contributed by atoms with E-state index in [0.29, 0.717) is 12.0 Å². The lowest BCUT2D eigenvalue weighted by Gasteiger charge is -2.28. The second-order valence-electron chi connectivity index (χ2n) is 6.35. The summed E-state index contributed by atoms with van der Waals surface area (Å²) in [7, 11) is -2.00. The molecule has 1 aliphatic rings. The number of sulfone groups is 1. The van der Waals surface area contributed by atoms with Gasteiger partial charge in [0.1, 0.15) is 10.7 Å². The van der Waals surface area contributed by atoms with Crippen molar-refractivity contribution in [1.82, 2.24) is 10.6 Å². The number of hydrogen-bond acceptors (Lipinski definition) is 3. The lowest BCUT2D eigenvalue weighted by atomic mass is 9.87. The average Bonchev–Trinajstić information content (AvgIpc) is 2.56. The lowest BCUT2D eigenvalue weighted by Crippen LogP contribution is -2.45. The van der Waals surface area contributed by atoms with E-state index in [2.05, 4.69) is 22.5 Å². The Morgan fingerprint density at radius 2 is 1.92 bits per heavy atom. The number of hydrogen-bond donors (Lipinski definition) is 2. The summed E-state index contributed by atoms with van der Waals surface area (Å²) in [6, 6.07) is 5.82. The van der Waals surface area contributed by atoms with Crippen molar-refractivity contribution in [2.45, 2.75) is 43.5 Å². The minimum atomic E-state index is -3.66. The summed E-state index contributed by atoms with van der Waals surface area (Å²) in [6.45, 7) is 2.44. The van der Waals surface area contributed by atoms with Gasteiger partial charge in [-0.15, -0.1) is 0 Å². The number of rotatable bonds is 5. The van der Waals surface area contributed by atoms with Crippen molar-refractivity contribution in [3.05, 3.63) is 30.1 Å². The first-order chi connectivity index (χ1) is 11.4. The highest BCUT2D eigenvalue weighted by molar-refractivity contribution is 7.91. The average molecular weight is 355 g/mol. The van der Waals surface area contributed by atoms with Crippen molar-refractivity contribution in [2.24, 2.45) is 10.9 Å². The van der Waals surface area contributed by atoms with Gasteiger partial charge in [-0.3, -0.25) is 4.99 Å². The van der Waals surface area contributed by atoms with Crippen LogP contribution in [0.1, 0.15) is 32.6 Å². The molecule has 0 bridgehead atoms. The molecule has 24 heavy (non-hydrogen) atoms. The largest absolute Gasteiger partial charge is 0.355 e. The first-order valence-corrected chi connectivity index (χ1v) is 10.0.